The van der Waals surface area contributed by atoms with Crippen molar-refractivity contribution in [2.24, 2.45) is 0 Å². The van der Waals surface area contributed by atoms with Crippen molar-refractivity contribution in [1.82, 2.24) is 19.9 Å². The van der Waals surface area contributed by atoms with E-state index >= 15 is 0 Å². The second-order valence-electron chi connectivity index (χ2n) is 11.0. The predicted octanol–water partition coefficient (Wildman–Crippen LogP) is 5.32. The van der Waals surface area contributed by atoms with Crippen LogP contribution in [0.4, 0.5) is 13.2 Å². The minimum absolute atomic E-state index is 0.00515. The van der Waals surface area contributed by atoms with Crippen molar-refractivity contribution < 1.29 is 31.1 Å². The van der Waals surface area contributed by atoms with Crippen LogP contribution >= 0.6 is 11.3 Å². The molecule has 2 aliphatic rings. The first-order valence-electron chi connectivity index (χ1n) is 13.9. The number of carbonyl (C=O) groups excluding carboxylic acids is 1. The Morgan fingerprint density at radius 1 is 1.19 bits per heavy atom. The molecule has 5 heterocycles. The van der Waals surface area contributed by atoms with Crippen LogP contribution < -0.4 is 0 Å². The van der Waals surface area contributed by atoms with Gasteiger partial charge in [-0.1, -0.05) is 6.92 Å². The molecule has 1 spiro atoms. The predicted molar refractivity (Wildman–Crippen MR) is 151 cm³/mol. The number of ketones is 1. The lowest BCUT2D eigenvalue weighted by molar-refractivity contribution is -0.145. The zero-order valence-corrected chi connectivity index (χ0v) is 25.3. The highest BCUT2D eigenvalue weighted by Gasteiger charge is 2.44. The Balaban J connectivity index is 1.24. The second-order valence-corrected chi connectivity index (χ2v) is 14.3. The van der Waals surface area contributed by atoms with Crippen molar-refractivity contribution in [2.45, 2.75) is 82.2 Å². The van der Waals surface area contributed by atoms with Gasteiger partial charge < -0.3 is 4.74 Å². The summed E-state index contributed by atoms with van der Waals surface area (Å²) in [7, 11) is -3.32. The van der Waals surface area contributed by atoms with E-state index in [4.69, 9.17) is 4.74 Å². The molecule has 1 atom stereocenters. The highest BCUT2D eigenvalue weighted by atomic mass is 32.2. The van der Waals surface area contributed by atoms with Gasteiger partial charge in [0.15, 0.2) is 15.6 Å². The molecule has 3 aromatic rings. The number of hydrogen-bond acceptors (Lipinski definition) is 9. The summed E-state index contributed by atoms with van der Waals surface area (Å²) in [4.78, 5) is 28.7. The number of hydrogen-bond donors (Lipinski definition) is 0. The number of nitrogens with zero attached hydrogens (tertiary/aromatic N) is 4. The number of likely N-dealkylation sites (tertiary alicyclic amines) is 1. The van der Waals surface area contributed by atoms with Crippen LogP contribution in [0.3, 0.4) is 0 Å². The van der Waals surface area contributed by atoms with Gasteiger partial charge in [-0.2, -0.15) is 13.2 Å². The zero-order chi connectivity index (χ0) is 30.3. The van der Waals surface area contributed by atoms with Crippen molar-refractivity contribution in [1.29, 1.82) is 0 Å². The molecule has 0 saturated carbocycles. The third-order valence-electron chi connectivity index (χ3n) is 7.97. The Morgan fingerprint density at radius 2 is 1.93 bits per heavy atom. The smallest absolute Gasteiger partial charge is 0.366 e. The summed E-state index contributed by atoms with van der Waals surface area (Å²) < 4.78 is 69.5. The monoisotopic (exact) mass is 622 g/mol. The van der Waals surface area contributed by atoms with Gasteiger partial charge >= 0.3 is 6.18 Å². The summed E-state index contributed by atoms with van der Waals surface area (Å²) in [6.07, 6.45) is 0.842. The Morgan fingerprint density at radius 3 is 2.55 bits per heavy atom. The van der Waals surface area contributed by atoms with Crippen LogP contribution in [0.15, 0.2) is 35.5 Å². The molecule has 0 N–H and O–H groups in total. The molecule has 1 fully saturated rings. The van der Waals surface area contributed by atoms with Crippen molar-refractivity contribution in [3.8, 4) is 0 Å². The van der Waals surface area contributed by atoms with Gasteiger partial charge in [-0.05, 0) is 63.3 Å². The molecule has 0 radical (unpaired) electrons. The zero-order valence-electron chi connectivity index (χ0n) is 23.7. The molecule has 42 heavy (non-hydrogen) atoms. The first-order valence-corrected chi connectivity index (χ1v) is 16.4. The standard InChI is InChI=1S/C29H33F3N4O4S2/c1-4-42(38,39)23-7-5-22(33-16-23)6-8-24(37)25-14-20-13-18(2)40-28(26(20)41-25)9-11-36(12-10-28)17-21-15-34-27(29(30,31)32)35-19(21)3/h5,7,14-16,18H,4,6,8-13,17H2,1-3H3/t18-/m0/s1. The lowest BCUT2D eigenvalue weighted by Gasteiger charge is -2.45. The topological polar surface area (TPSA) is 102 Å². The van der Waals surface area contributed by atoms with Crippen LogP contribution in [0.2, 0.25) is 0 Å². The van der Waals surface area contributed by atoms with Gasteiger partial charge in [0, 0.05) is 60.3 Å². The van der Waals surface area contributed by atoms with E-state index in [1.54, 1.807) is 19.9 Å². The highest BCUT2D eigenvalue weighted by Crippen LogP contribution is 2.47. The second kappa shape index (κ2) is 11.7. The van der Waals surface area contributed by atoms with Crippen LogP contribution in [-0.2, 0) is 45.7 Å². The third-order valence-corrected chi connectivity index (χ3v) is 11.1. The number of fused-ring (bicyclic) bond motifs is 2. The molecule has 8 nitrogen and oxygen atoms in total. The molecule has 0 aliphatic carbocycles. The number of ether oxygens (including phenoxy) is 1. The molecule has 5 rings (SSSR count). The van der Waals surface area contributed by atoms with Crippen molar-refractivity contribution in [3.63, 3.8) is 0 Å². The Labute approximate surface area is 247 Å². The number of carbonyl (C=O) groups is 1. The number of thiophene rings is 1. The average molecular weight is 623 g/mol. The molecular weight excluding hydrogens is 589 g/mol. The summed E-state index contributed by atoms with van der Waals surface area (Å²) in [6.45, 7) is 7.01. The van der Waals surface area contributed by atoms with Gasteiger partial charge in [0.2, 0.25) is 5.82 Å². The van der Waals surface area contributed by atoms with Gasteiger partial charge in [-0.25, -0.2) is 18.4 Å². The summed E-state index contributed by atoms with van der Waals surface area (Å²) in [5, 5.41) is 0. The van der Waals surface area contributed by atoms with E-state index in [1.807, 2.05) is 13.0 Å². The SMILES string of the molecule is CCS(=O)(=O)c1ccc(CCC(=O)c2cc3c(s2)C2(CCN(Cc4cnc(C(F)(F)F)nc4C)CC2)O[C@@H](C)C3)nc1. The Bertz CT molecular complexity index is 1560. The van der Waals surface area contributed by atoms with Gasteiger partial charge in [0.1, 0.15) is 5.60 Å². The largest absolute Gasteiger partial charge is 0.451 e. The van der Waals surface area contributed by atoms with Crippen molar-refractivity contribution >= 4 is 27.0 Å². The maximum atomic E-state index is 13.2. The molecule has 0 amide bonds. The molecule has 0 unspecified atom stereocenters. The number of rotatable bonds is 8. The normalized spacial score (nSPS) is 19.1. The fourth-order valence-electron chi connectivity index (χ4n) is 5.61. The number of sulfone groups is 1. The Kier molecular flexibility index (Phi) is 8.58. The molecule has 3 aromatic heterocycles. The molecule has 226 valence electrons. The molecular formula is C29H33F3N4O4S2. The van der Waals surface area contributed by atoms with Crippen LogP contribution in [0.5, 0.6) is 0 Å². The molecule has 13 heteroatoms. The molecule has 2 aliphatic heterocycles. The maximum absolute atomic E-state index is 13.2. The summed E-state index contributed by atoms with van der Waals surface area (Å²) in [5.74, 6) is -1.11. The van der Waals surface area contributed by atoms with E-state index < -0.39 is 27.4 Å². The van der Waals surface area contributed by atoms with Gasteiger partial charge in [0.25, 0.3) is 0 Å². The van der Waals surface area contributed by atoms with Crippen molar-refractivity contribution in [2.75, 3.05) is 18.8 Å². The summed E-state index contributed by atoms with van der Waals surface area (Å²) in [5.41, 5.74) is 2.28. The van der Waals surface area contributed by atoms with E-state index in [-0.39, 0.29) is 29.0 Å². The van der Waals surface area contributed by atoms with E-state index in [1.165, 1.54) is 29.8 Å². The summed E-state index contributed by atoms with van der Waals surface area (Å²) in [6, 6.07) is 5.19. The van der Waals surface area contributed by atoms with Gasteiger partial charge in [-0.3, -0.25) is 14.7 Å². The van der Waals surface area contributed by atoms with E-state index in [9.17, 15) is 26.4 Å². The number of Topliss-reactive ketones (excluding diaryl/α,β-unsaturated/α-hetero) is 1. The maximum Gasteiger partial charge on any atom is 0.451 e. The summed E-state index contributed by atoms with van der Waals surface area (Å²) >= 11 is 1.49. The fraction of sp³-hybridized carbons (Fsp3) is 0.517. The van der Waals surface area contributed by atoms with Crippen LogP contribution in [0.1, 0.15) is 76.0 Å². The first-order chi connectivity index (χ1) is 19.8. The molecule has 0 bridgehead atoms. The molecule has 1 saturated heterocycles. The quantitative estimate of drug-likeness (QED) is 0.311. The number of halogens is 3. The average Bonchev–Trinajstić information content (AvgIpc) is 3.39. The Hall–Kier alpha value is -2.74. The molecule has 0 aromatic carbocycles. The number of piperidine rings is 1. The lowest BCUT2D eigenvalue weighted by Crippen LogP contribution is -2.47. The lowest BCUT2D eigenvalue weighted by atomic mass is 9.84. The van der Waals surface area contributed by atoms with E-state index in [0.29, 0.717) is 60.7 Å². The van der Waals surface area contributed by atoms with Crippen LogP contribution in [0.25, 0.3) is 0 Å². The highest BCUT2D eigenvalue weighted by molar-refractivity contribution is 7.91. The van der Waals surface area contributed by atoms with Crippen molar-refractivity contribution in [3.05, 3.63) is 68.7 Å². The van der Waals surface area contributed by atoms with Gasteiger partial charge in [-0.15, -0.1) is 11.3 Å². The van der Waals surface area contributed by atoms with Gasteiger partial charge in [0.05, 0.1) is 21.6 Å². The minimum atomic E-state index is -4.57. The number of aryl methyl sites for hydroxylation is 2. The van der Waals surface area contributed by atoms with Crippen LogP contribution in [0, 0.1) is 6.92 Å². The fourth-order valence-corrected chi connectivity index (χ4v) is 7.78. The van der Waals surface area contributed by atoms with E-state index in [0.717, 1.165) is 16.9 Å². The number of alkyl halides is 3. The van der Waals surface area contributed by atoms with Crippen LogP contribution in [-0.4, -0.2) is 59.0 Å². The third kappa shape index (κ3) is 6.43. The number of pyridine rings is 1. The number of aromatic nitrogens is 3. The minimum Gasteiger partial charge on any atom is -0.366 e. The van der Waals surface area contributed by atoms with E-state index in [2.05, 4.69) is 19.9 Å². The first kappa shape index (κ1) is 30.7.